The van der Waals surface area contributed by atoms with Gasteiger partial charge in [-0.3, -0.25) is 9.59 Å². The third kappa shape index (κ3) is 2.39. The van der Waals surface area contributed by atoms with Crippen LogP contribution in [0.3, 0.4) is 0 Å². The standard InChI is InChI=1S/C10H12O6/c1-16-7(11)4-5-2-3-6(9(12)13)8(5)10(14)15/h3,5,8H,2,4H2,1H3,(H,12,13)(H,14,15)/t5-,8+/m1/s1. The monoisotopic (exact) mass is 228 g/mol. The van der Waals surface area contributed by atoms with Gasteiger partial charge in [0.05, 0.1) is 13.0 Å². The van der Waals surface area contributed by atoms with E-state index in [1.54, 1.807) is 0 Å². The summed E-state index contributed by atoms with van der Waals surface area (Å²) in [6, 6.07) is 0. The van der Waals surface area contributed by atoms with Crippen molar-refractivity contribution < 1.29 is 29.3 Å². The largest absolute Gasteiger partial charge is 0.481 e. The normalized spacial score (nSPS) is 23.7. The molecule has 88 valence electrons. The molecule has 1 aliphatic rings. The summed E-state index contributed by atoms with van der Waals surface area (Å²) in [4.78, 5) is 32.7. The second-order valence-electron chi connectivity index (χ2n) is 3.56. The molecular weight excluding hydrogens is 216 g/mol. The molecule has 6 heteroatoms. The van der Waals surface area contributed by atoms with Crippen molar-refractivity contribution in [2.75, 3.05) is 7.11 Å². The number of aliphatic carboxylic acids is 2. The first-order valence-electron chi connectivity index (χ1n) is 4.70. The summed E-state index contributed by atoms with van der Waals surface area (Å²) in [7, 11) is 1.21. The predicted octanol–water partition coefficient (Wildman–Crippen LogP) is 0.281. The van der Waals surface area contributed by atoms with Crippen LogP contribution in [0, 0.1) is 11.8 Å². The summed E-state index contributed by atoms with van der Waals surface area (Å²) >= 11 is 0. The smallest absolute Gasteiger partial charge is 0.332 e. The Morgan fingerprint density at radius 3 is 2.50 bits per heavy atom. The Morgan fingerprint density at radius 1 is 1.44 bits per heavy atom. The SMILES string of the molecule is COC(=O)C[C@H]1CC=C(C(=O)O)[C@H]1C(=O)O. The number of rotatable bonds is 4. The zero-order valence-corrected chi connectivity index (χ0v) is 8.67. The van der Waals surface area contributed by atoms with Crippen molar-refractivity contribution in [2.45, 2.75) is 12.8 Å². The minimum atomic E-state index is -1.25. The lowest BCUT2D eigenvalue weighted by molar-refractivity contribution is -0.147. The Hall–Kier alpha value is -1.85. The van der Waals surface area contributed by atoms with Crippen LogP contribution in [0.15, 0.2) is 11.6 Å². The van der Waals surface area contributed by atoms with Gasteiger partial charge >= 0.3 is 17.9 Å². The van der Waals surface area contributed by atoms with E-state index in [1.165, 1.54) is 13.2 Å². The maximum Gasteiger partial charge on any atom is 0.332 e. The van der Waals surface area contributed by atoms with Gasteiger partial charge in [-0.15, -0.1) is 0 Å². The number of hydrogen-bond acceptors (Lipinski definition) is 4. The molecule has 16 heavy (non-hydrogen) atoms. The zero-order valence-electron chi connectivity index (χ0n) is 8.67. The van der Waals surface area contributed by atoms with Crippen molar-refractivity contribution in [1.29, 1.82) is 0 Å². The zero-order chi connectivity index (χ0) is 12.3. The molecule has 0 amide bonds. The molecule has 0 saturated carbocycles. The topological polar surface area (TPSA) is 101 Å². The molecule has 0 aliphatic heterocycles. The van der Waals surface area contributed by atoms with Gasteiger partial charge in [0.25, 0.3) is 0 Å². The van der Waals surface area contributed by atoms with Crippen molar-refractivity contribution >= 4 is 17.9 Å². The highest BCUT2D eigenvalue weighted by Crippen LogP contribution is 2.34. The number of carboxylic acids is 2. The van der Waals surface area contributed by atoms with Crippen LogP contribution in [0.4, 0.5) is 0 Å². The molecule has 0 bridgehead atoms. The molecule has 0 radical (unpaired) electrons. The number of carbonyl (C=O) groups is 3. The molecule has 6 nitrogen and oxygen atoms in total. The van der Waals surface area contributed by atoms with Gasteiger partial charge in [0.2, 0.25) is 0 Å². The molecule has 0 aromatic heterocycles. The van der Waals surface area contributed by atoms with E-state index >= 15 is 0 Å². The lowest BCUT2D eigenvalue weighted by Gasteiger charge is -2.15. The van der Waals surface area contributed by atoms with Crippen molar-refractivity contribution in [1.82, 2.24) is 0 Å². The Kier molecular flexibility index (Phi) is 3.65. The highest BCUT2D eigenvalue weighted by Gasteiger charge is 2.39. The molecule has 1 rings (SSSR count). The number of carbonyl (C=O) groups excluding carboxylic acids is 1. The van der Waals surface area contributed by atoms with E-state index in [4.69, 9.17) is 10.2 Å². The Bertz CT molecular complexity index is 356. The molecular formula is C10H12O6. The summed E-state index contributed by atoms with van der Waals surface area (Å²) in [5, 5.41) is 17.7. The van der Waals surface area contributed by atoms with Crippen LogP contribution in [0.25, 0.3) is 0 Å². The van der Waals surface area contributed by atoms with Crippen LogP contribution in [-0.4, -0.2) is 35.2 Å². The second kappa shape index (κ2) is 4.78. The summed E-state index contributed by atoms with van der Waals surface area (Å²) in [5.41, 5.74) is -0.151. The third-order valence-corrected chi connectivity index (χ3v) is 2.62. The minimum Gasteiger partial charge on any atom is -0.481 e. The molecule has 2 atom stereocenters. The highest BCUT2D eigenvalue weighted by atomic mass is 16.5. The molecule has 0 aromatic carbocycles. The van der Waals surface area contributed by atoms with Crippen LogP contribution in [-0.2, 0) is 19.1 Å². The summed E-state index contributed by atoms with van der Waals surface area (Å²) in [5.74, 6) is -4.66. The average molecular weight is 228 g/mol. The van der Waals surface area contributed by atoms with E-state index in [9.17, 15) is 14.4 Å². The van der Waals surface area contributed by atoms with Gasteiger partial charge in [-0.2, -0.15) is 0 Å². The lowest BCUT2D eigenvalue weighted by Crippen LogP contribution is -2.26. The van der Waals surface area contributed by atoms with Gasteiger partial charge in [-0.1, -0.05) is 6.08 Å². The number of carboxylic acid groups (broad SMARTS) is 2. The third-order valence-electron chi connectivity index (χ3n) is 2.62. The average Bonchev–Trinajstić information content (AvgIpc) is 2.61. The molecule has 0 saturated heterocycles. The summed E-state index contributed by atoms with van der Waals surface area (Å²) < 4.78 is 4.43. The van der Waals surface area contributed by atoms with Crippen molar-refractivity contribution in [3.8, 4) is 0 Å². The van der Waals surface area contributed by atoms with E-state index in [-0.39, 0.29) is 18.4 Å². The molecule has 0 unspecified atom stereocenters. The molecule has 0 spiro atoms. The fourth-order valence-corrected chi connectivity index (χ4v) is 1.85. The van der Waals surface area contributed by atoms with Gasteiger partial charge in [0.15, 0.2) is 0 Å². The minimum absolute atomic E-state index is 0.0826. The van der Waals surface area contributed by atoms with Crippen LogP contribution in [0.2, 0.25) is 0 Å². The van der Waals surface area contributed by atoms with Gasteiger partial charge in [0.1, 0.15) is 0 Å². The molecule has 2 N–H and O–H groups in total. The number of esters is 1. The fraction of sp³-hybridized carbons (Fsp3) is 0.500. The lowest BCUT2D eigenvalue weighted by atomic mass is 9.88. The fourth-order valence-electron chi connectivity index (χ4n) is 1.85. The van der Waals surface area contributed by atoms with Crippen molar-refractivity contribution in [3.63, 3.8) is 0 Å². The van der Waals surface area contributed by atoms with E-state index < -0.39 is 29.7 Å². The van der Waals surface area contributed by atoms with Crippen LogP contribution in [0.1, 0.15) is 12.8 Å². The Morgan fingerprint density at radius 2 is 2.06 bits per heavy atom. The van der Waals surface area contributed by atoms with E-state index in [0.29, 0.717) is 0 Å². The van der Waals surface area contributed by atoms with E-state index in [2.05, 4.69) is 4.74 Å². The van der Waals surface area contributed by atoms with Gasteiger partial charge < -0.3 is 14.9 Å². The summed E-state index contributed by atoms with van der Waals surface area (Å²) in [6.45, 7) is 0. The number of methoxy groups -OCH3 is 1. The van der Waals surface area contributed by atoms with Gasteiger partial charge in [-0.05, 0) is 12.3 Å². The highest BCUT2D eigenvalue weighted by molar-refractivity contribution is 5.95. The molecule has 0 aromatic rings. The van der Waals surface area contributed by atoms with Crippen LogP contribution < -0.4 is 0 Å². The van der Waals surface area contributed by atoms with E-state index in [0.717, 1.165) is 0 Å². The van der Waals surface area contributed by atoms with Gasteiger partial charge in [0, 0.05) is 12.0 Å². The van der Waals surface area contributed by atoms with E-state index in [1.807, 2.05) is 0 Å². The summed E-state index contributed by atoms with van der Waals surface area (Å²) in [6.07, 6.45) is 1.54. The molecule has 0 fully saturated rings. The quantitative estimate of drug-likeness (QED) is 0.670. The first kappa shape index (κ1) is 12.2. The maximum atomic E-state index is 11.0. The second-order valence-corrected chi connectivity index (χ2v) is 3.56. The maximum absolute atomic E-state index is 11.0. The van der Waals surface area contributed by atoms with Crippen LogP contribution in [0.5, 0.6) is 0 Å². The number of hydrogen-bond donors (Lipinski definition) is 2. The predicted molar refractivity (Wildman–Crippen MR) is 51.6 cm³/mol. The molecule has 0 heterocycles. The van der Waals surface area contributed by atoms with Gasteiger partial charge in [-0.25, -0.2) is 4.79 Å². The van der Waals surface area contributed by atoms with Crippen molar-refractivity contribution in [2.24, 2.45) is 11.8 Å². The first-order valence-corrected chi connectivity index (χ1v) is 4.70. The number of allylic oxidation sites excluding steroid dienone is 1. The Labute approximate surface area is 91.5 Å². The molecule has 1 aliphatic carbocycles. The van der Waals surface area contributed by atoms with Crippen molar-refractivity contribution in [3.05, 3.63) is 11.6 Å². The number of ether oxygens (including phenoxy) is 1. The Balaban J connectivity index is 2.81. The van der Waals surface area contributed by atoms with Crippen LogP contribution >= 0.6 is 0 Å². The first-order chi connectivity index (χ1) is 7.47.